The molecule has 1 aliphatic heterocycles. The molecule has 3 nitrogen and oxygen atoms in total. The van der Waals surface area contributed by atoms with E-state index in [9.17, 15) is 0 Å². The first-order valence-corrected chi connectivity index (χ1v) is 3.21. The van der Waals surface area contributed by atoms with Crippen LogP contribution in [0.2, 0.25) is 0 Å². The molecular formula is C3H9N3S. The number of thioether (sulfide) groups is 1. The zero-order chi connectivity index (χ0) is 5.28. The molecule has 0 aromatic rings. The molecule has 0 saturated carbocycles. The number of hydrogen-bond acceptors (Lipinski definition) is 4. The van der Waals surface area contributed by atoms with Crippen LogP contribution in [0.25, 0.3) is 0 Å². The predicted molar refractivity (Wildman–Crippen MR) is 31.3 cm³/mol. The number of nitrogens with zero attached hydrogens (tertiary/aromatic N) is 1. The van der Waals surface area contributed by atoms with Crippen molar-refractivity contribution in [2.24, 2.45) is 11.6 Å². The monoisotopic (exact) mass is 119 g/mol. The minimum atomic E-state index is 0.241. The minimum absolute atomic E-state index is 0.241. The van der Waals surface area contributed by atoms with Crippen LogP contribution >= 0.6 is 11.8 Å². The van der Waals surface area contributed by atoms with Crippen LogP contribution in [0.4, 0.5) is 0 Å². The Kier molecular flexibility index (Phi) is 1.53. The van der Waals surface area contributed by atoms with E-state index in [4.69, 9.17) is 11.6 Å². The van der Waals surface area contributed by atoms with Crippen molar-refractivity contribution >= 4 is 11.8 Å². The normalized spacial score (nSPS) is 34.3. The first-order chi connectivity index (χ1) is 3.29. The van der Waals surface area contributed by atoms with Gasteiger partial charge in [0.05, 0.1) is 11.3 Å². The lowest BCUT2D eigenvalue weighted by atomic mass is 10.6. The molecule has 1 atom stereocenters. The van der Waals surface area contributed by atoms with Gasteiger partial charge in [0.1, 0.15) is 0 Å². The number of hydrogen-bond donors (Lipinski definition) is 2. The quantitative estimate of drug-likeness (QED) is 0.408. The zero-order valence-electron chi connectivity index (χ0n) is 4.00. The van der Waals surface area contributed by atoms with Crippen LogP contribution in [0.15, 0.2) is 0 Å². The molecule has 1 unspecified atom stereocenters. The van der Waals surface area contributed by atoms with Gasteiger partial charge in [0.15, 0.2) is 0 Å². The first-order valence-electron chi connectivity index (χ1n) is 2.16. The van der Waals surface area contributed by atoms with Gasteiger partial charge >= 0.3 is 0 Å². The number of rotatable bonds is 0. The summed E-state index contributed by atoms with van der Waals surface area (Å²) >= 11 is 1.68. The fraction of sp³-hybridized carbons (Fsp3) is 1.00. The van der Waals surface area contributed by atoms with Crippen molar-refractivity contribution in [2.45, 2.75) is 5.37 Å². The van der Waals surface area contributed by atoms with Crippen molar-refractivity contribution in [1.82, 2.24) is 5.01 Å². The van der Waals surface area contributed by atoms with Crippen molar-refractivity contribution in [2.75, 3.05) is 12.4 Å². The van der Waals surface area contributed by atoms with Gasteiger partial charge in [-0.1, -0.05) is 0 Å². The second-order valence-electron chi connectivity index (χ2n) is 1.61. The van der Waals surface area contributed by atoms with Crippen LogP contribution in [0.1, 0.15) is 0 Å². The summed E-state index contributed by atoms with van der Waals surface area (Å²) in [5.74, 6) is 6.23. The molecule has 0 spiro atoms. The fourth-order valence-electron chi connectivity index (χ4n) is 0.528. The standard InChI is InChI=1S/C3H9N3S/c4-3-1-6(5)2-7-3/h3H,1-2,4-5H2. The Morgan fingerprint density at radius 3 is 2.57 bits per heavy atom. The lowest BCUT2D eigenvalue weighted by Crippen LogP contribution is -2.31. The number of hydrazine groups is 1. The van der Waals surface area contributed by atoms with Crippen LogP contribution in [0.3, 0.4) is 0 Å². The highest BCUT2D eigenvalue weighted by Gasteiger charge is 2.14. The van der Waals surface area contributed by atoms with Gasteiger partial charge in [0.2, 0.25) is 0 Å². The maximum Gasteiger partial charge on any atom is 0.0664 e. The molecule has 1 rings (SSSR count). The van der Waals surface area contributed by atoms with E-state index in [-0.39, 0.29) is 5.37 Å². The third kappa shape index (κ3) is 1.31. The summed E-state index contributed by atoms with van der Waals surface area (Å²) in [7, 11) is 0. The Morgan fingerprint density at radius 2 is 2.43 bits per heavy atom. The van der Waals surface area contributed by atoms with Crippen molar-refractivity contribution in [3.8, 4) is 0 Å². The highest BCUT2D eigenvalue weighted by Crippen LogP contribution is 2.13. The van der Waals surface area contributed by atoms with Crippen molar-refractivity contribution in [3.05, 3.63) is 0 Å². The highest BCUT2D eigenvalue weighted by molar-refractivity contribution is 8.00. The van der Waals surface area contributed by atoms with Gasteiger partial charge in [0, 0.05) is 6.54 Å². The molecule has 0 aromatic heterocycles. The third-order valence-electron chi connectivity index (χ3n) is 0.869. The summed E-state index contributed by atoms with van der Waals surface area (Å²) < 4.78 is 0. The van der Waals surface area contributed by atoms with Crippen molar-refractivity contribution in [1.29, 1.82) is 0 Å². The summed E-state index contributed by atoms with van der Waals surface area (Å²) in [6.45, 7) is 0.824. The van der Waals surface area contributed by atoms with Gasteiger partial charge in [-0.25, -0.2) is 5.01 Å². The molecule has 1 heterocycles. The van der Waals surface area contributed by atoms with Crippen LogP contribution in [-0.4, -0.2) is 22.8 Å². The van der Waals surface area contributed by atoms with Crippen LogP contribution < -0.4 is 11.6 Å². The van der Waals surface area contributed by atoms with Crippen LogP contribution in [0, 0.1) is 0 Å². The summed E-state index contributed by atoms with van der Waals surface area (Å²) in [4.78, 5) is 0. The van der Waals surface area contributed by atoms with Crippen LogP contribution in [-0.2, 0) is 0 Å². The van der Waals surface area contributed by atoms with Crippen LogP contribution in [0.5, 0.6) is 0 Å². The van der Waals surface area contributed by atoms with Gasteiger partial charge < -0.3 is 5.73 Å². The van der Waals surface area contributed by atoms with Crippen molar-refractivity contribution < 1.29 is 0 Å². The average molecular weight is 119 g/mol. The molecule has 7 heavy (non-hydrogen) atoms. The Balaban J connectivity index is 2.26. The predicted octanol–water partition coefficient (Wildman–Crippen LogP) is -0.849. The van der Waals surface area contributed by atoms with E-state index in [0.29, 0.717) is 0 Å². The second-order valence-corrected chi connectivity index (χ2v) is 2.80. The van der Waals surface area contributed by atoms with E-state index in [0.717, 1.165) is 12.4 Å². The maximum absolute atomic E-state index is 5.47. The lowest BCUT2D eigenvalue weighted by molar-refractivity contribution is 0.357. The maximum atomic E-state index is 5.47. The molecule has 1 aliphatic rings. The van der Waals surface area contributed by atoms with Gasteiger partial charge in [-0.3, -0.25) is 5.84 Å². The molecule has 0 aliphatic carbocycles. The average Bonchev–Trinajstić information content (AvgIpc) is 1.87. The first kappa shape index (κ1) is 5.37. The van der Waals surface area contributed by atoms with Gasteiger partial charge in [-0.05, 0) is 0 Å². The molecule has 42 valence electrons. The van der Waals surface area contributed by atoms with Gasteiger partial charge in [-0.15, -0.1) is 11.8 Å². The van der Waals surface area contributed by atoms with E-state index in [1.165, 1.54) is 0 Å². The van der Waals surface area contributed by atoms with E-state index in [1.807, 2.05) is 0 Å². The zero-order valence-corrected chi connectivity index (χ0v) is 4.82. The molecule has 0 aromatic carbocycles. The Hall–Kier alpha value is 0.230. The lowest BCUT2D eigenvalue weighted by Gasteiger charge is -2.01. The minimum Gasteiger partial charge on any atom is -0.318 e. The van der Waals surface area contributed by atoms with Crippen molar-refractivity contribution in [3.63, 3.8) is 0 Å². The van der Waals surface area contributed by atoms with E-state index < -0.39 is 0 Å². The molecule has 0 amide bonds. The SMILES string of the molecule is NC1CN(N)CS1. The molecule has 4 heteroatoms. The Morgan fingerprint density at radius 1 is 1.71 bits per heavy atom. The second kappa shape index (κ2) is 2.00. The summed E-state index contributed by atoms with van der Waals surface area (Å²) in [5, 5.41) is 1.96. The highest BCUT2D eigenvalue weighted by atomic mass is 32.2. The molecule has 1 saturated heterocycles. The van der Waals surface area contributed by atoms with E-state index >= 15 is 0 Å². The summed E-state index contributed by atoms with van der Waals surface area (Å²) in [6.07, 6.45) is 0. The largest absolute Gasteiger partial charge is 0.318 e. The fourth-order valence-corrected chi connectivity index (χ4v) is 1.31. The van der Waals surface area contributed by atoms with Gasteiger partial charge in [-0.2, -0.15) is 0 Å². The summed E-state index contributed by atoms with van der Waals surface area (Å²) in [5.41, 5.74) is 5.47. The Labute approximate surface area is 47.0 Å². The smallest absolute Gasteiger partial charge is 0.0664 e. The molecule has 1 fully saturated rings. The Bertz CT molecular complexity index is 59.2. The topological polar surface area (TPSA) is 55.3 Å². The summed E-state index contributed by atoms with van der Waals surface area (Å²) in [6, 6.07) is 0. The molecule has 4 N–H and O–H groups in total. The molecular weight excluding hydrogens is 110 g/mol. The molecule has 0 radical (unpaired) electrons. The van der Waals surface area contributed by atoms with Gasteiger partial charge in [0.25, 0.3) is 0 Å². The number of nitrogens with two attached hydrogens (primary N) is 2. The van der Waals surface area contributed by atoms with E-state index in [1.54, 1.807) is 16.8 Å². The molecule has 0 bridgehead atoms. The third-order valence-corrected chi connectivity index (χ3v) is 1.93. The van der Waals surface area contributed by atoms with E-state index in [2.05, 4.69) is 0 Å².